The molecule has 0 spiro atoms. The standard InChI is InChI=1S/C14H21NO2/c1-10(2)13(9-15-11(3)14(16)17)12-7-5-4-6-8-12/h4-8,10-11,13,15H,9H2,1-3H3,(H,16,17)/t11-,13?/m0/s1. The second-order valence-corrected chi connectivity index (χ2v) is 4.73. The molecule has 3 heteroatoms. The SMILES string of the molecule is CC(C)C(CN[C@@H](C)C(=O)O)c1ccccc1. The first-order valence-electron chi connectivity index (χ1n) is 6.03. The van der Waals surface area contributed by atoms with Gasteiger partial charge in [-0.15, -0.1) is 0 Å². The van der Waals surface area contributed by atoms with Gasteiger partial charge < -0.3 is 10.4 Å². The third-order valence-corrected chi connectivity index (χ3v) is 3.05. The molecule has 0 aromatic heterocycles. The fourth-order valence-corrected chi connectivity index (χ4v) is 1.83. The highest BCUT2D eigenvalue weighted by Gasteiger charge is 2.18. The summed E-state index contributed by atoms with van der Waals surface area (Å²) in [4.78, 5) is 10.8. The molecule has 0 fully saturated rings. The van der Waals surface area contributed by atoms with Gasteiger partial charge in [-0.3, -0.25) is 4.79 Å². The maximum atomic E-state index is 10.8. The average molecular weight is 235 g/mol. The van der Waals surface area contributed by atoms with Crippen LogP contribution in [-0.2, 0) is 4.79 Å². The van der Waals surface area contributed by atoms with Gasteiger partial charge in [0.15, 0.2) is 0 Å². The van der Waals surface area contributed by atoms with Gasteiger partial charge in [0.2, 0.25) is 0 Å². The first-order chi connectivity index (χ1) is 8.02. The van der Waals surface area contributed by atoms with Crippen LogP contribution in [0.3, 0.4) is 0 Å². The van der Waals surface area contributed by atoms with Crippen LogP contribution in [0.4, 0.5) is 0 Å². The van der Waals surface area contributed by atoms with E-state index in [2.05, 4.69) is 31.3 Å². The highest BCUT2D eigenvalue weighted by Crippen LogP contribution is 2.23. The number of benzene rings is 1. The summed E-state index contributed by atoms with van der Waals surface area (Å²) in [5, 5.41) is 11.9. The Labute approximate surface area is 103 Å². The Hall–Kier alpha value is -1.35. The molecule has 0 bridgehead atoms. The predicted octanol–water partition coefficient (Wildman–Crippen LogP) is 2.49. The van der Waals surface area contributed by atoms with Crippen molar-refractivity contribution in [3.05, 3.63) is 35.9 Å². The number of carbonyl (C=O) groups is 1. The topological polar surface area (TPSA) is 49.3 Å². The molecule has 0 saturated carbocycles. The lowest BCUT2D eigenvalue weighted by atomic mass is 9.88. The molecule has 0 saturated heterocycles. The number of aliphatic carboxylic acids is 1. The summed E-state index contributed by atoms with van der Waals surface area (Å²) >= 11 is 0. The summed E-state index contributed by atoms with van der Waals surface area (Å²) in [5.41, 5.74) is 1.26. The van der Waals surface area contributed by atoms with Crippen molar-refractivity contribution < 1.29 is 9.90 Å². The van der Waals surface area contributed by atoms with Gasteiger partial charge in [0.1, 0.15) is 6.04 Å². The fraction of sp³-hybridized carbons (Fsp3) is 0.500. The molecular formula is C14H21NO2. The lowest BCUT2D eigenvalue weighted by Gasteiger charge is -2.23. The van der Waals surface area contributed by atoms with Gasteiger partial charge >= 0.3 is 5.97 Å². The zero-order chi connectivity index (χ0) is 12.8. The Morgan fingerprint density at radius 2 is 1.82 bits per heavy atom. The number of hydrogen-bond acceptors (Lipinski definition) is 2. The molecular weight excluding hydrogens is 214 g/mol. The maximum absolute atomic E-state index is 10.8. The molecule has 0 amide bonds. The first-order valence-corrected chi connectivity index (χ1v) is 6.03. The number of carboxylic acid groups (broad SMARTS) is 1. The molecule has 2 atom stereocenters. The second kappa shape index (κ2) is 6.40. The zero-order valence-corrected chi connectivity index (χ0v) is 10.7. The van der Waals surface area contributed by atoms with Crippen molar-refractivity contribution in [2.24, 2.45) is 5.92 Å². The first kappa shape index (κ1) is 13.7. The third kappa shape index (κ3) is 4.19. The largest absolute Gasteiger partial charge is 0.480 e. The lowest BCUT2D eigenvalue weighted by Crippen LogP contribution is -2.37. The van der Waals surface area contributed by atoms with Crippen LogP contribution in [0.15, 0.2) is 30.3 Å². The Morgan fingerprint density at radius 3 is 2.29 bits per heavy atom. The van der Waals surface area contributed by atoms with E-state index in [9.17, 15) is 4.79 Å². The molecule has 1 unspecified atom stereocenters. The van der Waals surface area contributed by atoms with Crippen LogP contribution in [0, 0.1) is 5.92 Å². The van der Waals surface area contributed by atoms with Crippen molar-refractivity contribution >= 4 is 5.97 Å². The maximum Gasteiger partial charge on any atom is 0.320 e. The zero-order valence-electron chi connectivity index (χ0n) is 10.7. The molecule has 2 N–H and O–H groups in total. The Balaban J connectivity index is 2.65. The second-order valence-electron chi connectivity index (χ2n) is 4.73. The summed E-state index contributed by atoms with van der Waals surface area (Å²) in [7, 11) is 0. The van der Waals surface area contributed by atoms with E-state index in [0.717, 1.165) is 0 Å². The molecule has 0 aliphatic heterocycles. The van der Waals surface area contributed by atoms with Crippen LogP contribution in [0.2, 0.25) is 0 Å². The number of rotatable bonds is 6. The van der Waals surface area contributed by atoms with Gasteiger partial charge in [0.25, 0.3) is 0 Å². The summed E-state index contributed by atoms with van der Waals surface area (Å²) in [6.07, 6.45) is 0. The van der Waals surface area contributed by atoms with Crippen molar-refractivity contribution in [2.75, 3.05) is 6.54 Å². The molecule has 1 rings (SSSR count). The van der Waals surface area contributed by atoms with Gasteiger partial charge in [0, 0.05) is 6.54 Å². The van der Waals surface area contributed by atoms with Gasteiger partial charge in [-0.25, -0.2) is 0 Å². The Morgan fingerprint density at radius 1 is 1.24 bits per heavy atom. The number of hydrogen-bond donors (Lipinski definition) is 2. The molecule has 1 aromatic rings. The summed E-state index contributed by atoms with van der Waals surface area (Å²) in [6, 6.07) is 9.72. The van der Waals surface area contributed by atoms with Crippen molar-refractivity contribution in [3.63, 3.8) is 0 Å². The molecule has 0 heterocycles. The van der Waals surface area contributed by atoms with Crippen molar-refractivity contribution in [2.45, 2.75) is 32.7 Å². The third-order valence-electron chi connectivity index (χ3n) is 3.05. The molecule has 94 valence electrons. The summed E-state index contributed by atoms with van der Waals surface area (Å²) in [5.74, 6) is 0.0180. The minimum absolute atomic E-state index is 0.345. The lowest BCUT2D eigenvalue weighted by molar-refractivity contribution is -0.139. The van der Waals surface area contributed by atoms with E-state index < -0.39 is 12.0 Å². The van der Waals surface area contributed by atoms with Crippen LogP contribution < -0.4 is 5.32 Å². The van der Waals surface area contributed by atoms with Crippen molar-refractivity contribution in [1.82, 2.24) is 5.32 Å². The Kier molecular flexibility index (Phi) is 5.16. The molecule has 1 aromatic carbocycles. The Bertz CT molecular complexity index is 348. The van der Waals surface area contributed by atoms with Crippen LogP contribution in [0.25, 0.3) is 0 Å². The molecule has 3 nitrogen and oxygen atoms in total. The van der Waals surface area contributed by atoms with E-state index >= 15 is 0 Å². The van der Waals surface area contributed by atoms with Gasteiger partial charge in [-0.1, -0.05) is 44.2 Å². The van der Waals surface area contributed by atoms with E-state index in [1.165, 1.54) is 5.56 Å². The molecule has 17 heavy (non-hydrogen) atoms. The smallest absolute Gasteiger partial charge is 0.320 e. The van der Waals surface area contributed by atoms with E-state index in [-0.39, 0.29) is 0 Å². The quantitative estimate of drug-likeness (QED) is 0.796. The minimum Gasteiger partial charge on any atom is -0.480 e. The van der Waals surface area contributed by atoms with E-state index in [1.807, 2.05) is 18.2 Å². The van der Waals surface area contributed by atoms with E-state index in [4.69, 9.17) is 5.11 Å². The summed E-state index contributed by atoms with van der Waals surface area (Å²) in [6.45, 7) is 6.68. The fourth-order valence-electron chi connectivity index (χ4n) is 1.83. The van der Waals surface area contributed by atoms with Gasteiger partial charge in [0.05, 0.1) is 0 Å². The normalized spacial score (nSPS) is 14.6. The molecule has 0 aliphatic carbocycles. The number of nitrogens with one attached hydrogen (secondary N) is 1. The summed E-state index contributed by atoms with van der Waals surface area (Å²) < 4.78 is 0. The van der Waals surface area contributed by atoms with Crippen LogP contribution in [0.1, 0.15) is 32.3 Å². The van der Waals surface area contributed by atoms with E-state index in [0.29, 0.717) is 18.4 Å². The van der Waals surface area contributed by atoms with Crippen LogP contribution >= 0.6 is 0 Å². The average Bonchev–Trinajstić information content (AvgIpc) is 2.29. The van der Waals surface area contributed by atoms with Crippen molar-refractivity contribution in [1.29, 1.82) is 0 Å². The highest BCUT2D eigenvalue weighted by molar-refractivity contribution is 5.72. The number of carboxylic acids is 1. The van der Waals surface area contributed by atoms with Crippen LogP contribution in [0.5, 0.6) is 0 Å². The van der Waals surface area contributed by atoms with E-state index in [1.54, 1.807) is 6.92 Å². The van der Waals surface area contributed by atoms with Gasteiger partial charge in [-0.2, -0.15) is 0 Å². The van der Waals surface area contributed by atoms with Crippen LogP contribution in [-0.4, -0.2) is 23.7 Å². The van der Waals surface area contributed by atoms with Gasteiger partial charge in [-0.05, 0) is 24.3 Å². The predicted molar refractivity (Wildman–Crippen MR) is 69.1 cm³/mol. The van der Waals surface area contributed by atoms with Crippen molar-refractivity contribution in [3.8, 4) is 0 Å². The minimum atomic E-state index is -0.805. The highest BCUT2D eigenvalue weighted by atomic mass is 16.4. The monoisotopic (exact) mass is 235 g/mol. The molecule has 0 aliphatic rings. The molecule has 0 radical (unpaired) electrons.